The third-order valence-electron chi connectivity index (χ3n) is 3.04. The maximum Gasteiger partial charge on any atom is 0.223 e. The maximum atomic E-state index is 12.4. The van der Waals surface area contributed by atoms with Crippen molar-refractivity contribution in [1.29, 1.82) is 0 Å². The molecule has 1 heterocycles. The van der Waals surface area contributed by atoms with E-state index in [2.05, 4.69) is 9.97 Å². The minimum Gasteiger partial charge on any atom is -0.287 e. The Morgan fingerprint density at radius 1 is 0.857 bits per heavy atom. The van der Waals surface area contributed by atoms with Crippen LogP contribution >= 0.6 is 11.6 Å². The molecule has 0 spiro atoms. The summed E-state index contributed by atoms with van der Waals surface area (Å²) in [6.07, 6.45) is 0. The average Bonchev–Trinajstić information content (AvgIpc) is 2.55. The van der Waals surface area contributed by atoms with Crippen LogP contribution in [0.4, 0.5) is 0 Å². The normalized spacial score (nSPS) is 10.3. The fraction of sp³-hybridized carbons (Fsp3) is 0. The van der Waals surface area contributed by atoms with Crippen LogP contribution in [-0.2, 0) is 0 Å². The van der Waals surface area contributed by atoms with E-state index in [1.54, 1.807) is 18.2 Å². The van der Waals surface area contributed by atoms with Gasteiger partial charge >= 0.3 is 0 Å². The zero-order valence-electron chi connectivity index (χ0n) is 11.0. The fourth-order valence-corrected chi connectivity index (χ4v) is 2.21. The zero-order chi connectivity index (χ0) is 14.7. The third kappa shape index (κ3) is 2.98. The van der Waals surface area contributed by atoms with E-state index in [1.807, 2.05) is 48.5 Å². The van der Waals surface area contributed by atoms with Crippen molar-refractivity contribution in [2.75, 3.05) is 0 Å². The lowest BCUT2D eigenvalue weighted by atomic mass is 10.1. The van der Waals surface area contributed by atoms with Gasteiger partial charge < -0.3 is 0 Å². The molecule has 3 rings (SSSR count). The van der Waals surface area contributed by atoms with Gasteiger partial charge in [-0.3, -0.25) is 4.79 Å². The van der Waals surface area contributed by atoms with Gasteiger partial charge in [0.1, 0.15) is 5.69 Å². The molecule has 21 heavy (non-hydrogen) atoms. The summed E-state index contributed by atoms with van der Waals surface area (Å²) < 4.78 is 0. The van der Waals surface area contributed by atoms with E-state index >= 15 is 0 Å². The third-order valence-corrected chi connectivity index (χ3v) is 3.21. The van der Waals surface area contributed by atoms with Gasteiger partial charge in [0.25, 0.3) is 0 Å². The van der Waals surface area contributed by atoms with Gasteiger partial charge in [-0.15, -0.1) is 0 Å². The first-order valence-corrected chi connectivity index (χ1v) is 6.81. The summed E-state index contributed by atoms with van der Waals surface area (Å²) in [5.41, 5.74) is 2.39. The molecule has 102 valence electrons. The molecule has 0 radical (unpaired) electrons. The molecule has 3 nitrogen and oxygen atoms in total. The lowest BCUT2D eigenvalue weighted by Gasteiger charge is -2.05. The first-order valence-electron chi connectivity index (χ1n) is 6.44. The molecule has 4 heteroatoms. The van der Waals surface area contributed by atoms with Crippen LogP contribution in [0.25, 0.3) is 11.3 Å². The molecule has 0 N–H and O–H groups in total. The van der Waals surface area contributed by atoms with Crippen molar-refractivity contribution >= 4 is 17.4 Å². The molecular weight excluding hydrogens is 284 g/mol. The number of hydrogen-bond donors (Lipinski definition) is 0. The van der Waals surface area contributed by atoms with E-state index in [4.69, 9.17) is 11.6 Å². The van der Waals surface area contributed by atoms with Crippen LogP contribution in [0.1, 0.15) is 16.1 Å². The molecule has 2 aromatic carbocycles. The summed E-state index contributed by atoms with van der Waals surface area (Å²) in [6.45, 7) is 0. The summed E-state index contributed by atoms with van der Waals surface area (Å²) >= 11 is 5.96. The second-order valence-corrected chi connectivity index (χ2v) is 4.81. The number of aromatic nitrogens is 2. The average molecular weight is 295 g/mol. The van der Waals surface area contributed by atoms with E-state index < -0.39 is 0 Å². The highest BCUT2D eigenvalue weighted by atomic mass is 35.5. The first kappa shape index (κ1) is 13.5. The molecule has 0 aliphatic carbocycles. The van der Waals surface area contributed by atoms with E-state index in [0.717, 1.165) is 5.56 Å². The minimum atomic E-state index is -0.169. The highest BCUT2D eigenvalue weighted by Gasteiger charge is 2.13. The Balaban J connectivity index is 2.05. The second kappa shape index (κ2) is 5.85. The van der Waals surface area contributed by atoms with E-state index in [1.165, 1.54) is 0 Å². The number of hydrogen-bond acceptors (Lipinski definition) is 3. The Morgan fingerprint density at radius 2 is 1.48 bits per heavy atom. The van der Waals surface area contributed by atoms with Crippen LogP contribution in [0.5, 0.6) is 0 Å². The molecule has 0 saturated heterocycles. The maximum absolute atomic E-state index is 12.4. The number of benzene rings is 2. The molecule has 0 bridgehead atoms. The molecule has 0 aliphatic heterocycles. The lowest BCUT2D eigenvalue weighted by Crippen LogP contribution is -2.05. The van der Waals surface area contributed by atoms with Crippen LogP contribution in [0.2, 0.25) is 5.28 Å². The summed E-state index contributed by atoms with van der Waals surface area (Å²) in [4.78, 5) is 20.7. The number of ketones is 1. The summed E-state index contributed by atoms with van der Waals surface area (Å²) in [5, 5.41) is 0.0654. The van der Waals surface area contributed by atoms with Crippen molar-refractivity contribution in [2.24, 2.45) is 0 Å². The van der Waals surface area contributed by atoms with Crippen molar-refractivity contribution < 1.29 is 4.79 Å². The molecule has 1 aromatic heterocycles. The van der Waals surface area contributed by atoms with Gasteiger partial charge in [-0.05, 0) is 17.7 Å². The van der Waals surface area contributed by atoms with Crippen molar-refractivity contribution in [3.8, 4) is 11.3 Å². The Morgan fingerprint density at radius 3 is 2.14 bits per heavy atom. The quantitative estimate of drug-likeness (QED) is 0.541. The fourth-order valence-electron chi connectivity index (χ4n) is 2.03. The Hall–Kier alpha value is -2.52. The largest absolute Gasteiger partial charge is 0.287 e. The highest BCUT2D eigenvalue weighted by molar-refractivity contribution is 6.28. The number of carbonyl (C=O) groups excluding carboxylic acids is 1. The Bertz CT molecular complexity index is 773. The SMILES string of the molecule is O=C(c1ccccc1)c1cc(-c2ccccc2)nc(Cl)n1. The number of rotatable bonds is 3. The summed E-state index contributed by atoms with van der Waals surface area (Å²) in [5.74, 6) is -0.169. The van der Waals surface area contributed by atoms with Crippen LogP contribution in [0.3, 0.4) is 0 Å². The molecule has 0 saturated carbocycles. The Labute approximate surface area is 127 Å². The number of halogens is 1. The number of carbonyl (C=O) groups is 1. The van der Waals surface area contributed by atoms with E-state index in [-0.39, 0.29) is 11.1 Å². The van der Waals surface area contributed by atoms with Gasteiger partial charge in [-0.25, -0.2) is 9.97 Å². The van der Waals surface area contributed by atoms with Gasteiger partial charge in [0.2, 0.25) is 11.1 Å². The molecule has 0 unspecified atom stereocenters. The van der Waals surface area contributed by atoms with Crippen LogP contribution in [0, 0.1) is 0 Å². The lowest BCUT2D eigenvalue weighted by molar-refractivity contribution is 0.103. The molecule has 0 atom stereocenters. The van der Waals surface area contributed by atoms with Crippen LogP contribution in [0.15, 0.2) is 66.7 Å². The van der Waals surface area contributed by atoms with Crippen molar-refractivity contribution in [2.45, 2.75) is 0 Å². The summed E-state index contributed by atoms with van der Waals surface area (Å²) in [6, 6.07) is 20.2. The highest BCUT2D eigenvalue weighted by Crippen LogP contribution is 2.20. The first-order chi connectivity index (χ1) is 10.2. The zero-order valence-corrected chi connectivity index (χ0v) is 11.8. The standard InChI is InChI=1S/C17H11ClN2O/c18-17-19-14(12-7-3-1-4-8-12)11-15(20-17)16(21)13-9-5-2-6-10-13/h1-11H. The van der Waals surface area contributed by atoms with Gasteiger partial charge in [0, 0.05) is 11.1 Å². The van der Waals surface area contributed by atoms with Crippen molar-refractivity contribution in [3.05, 3.63) is 83.3 Å². The molecular formula is C17H11ClN2O. The molecule has 0 amide bonds. The van der Waals surface area contributed by atoms with Gasteiger partial charge in [0.15, 0.2) is 0 Å². The number of nitrogens with zero attached hydrogens (tertiary/aromatic N) is 2. The van der Waals surface area contributed by atoms with Crippen LogP contribution < -0.4 is 0 Å². The minimum absolute atomic E-state index is 0.0654. The monoisotopic (exact) mass is 294 g/mol. The van der Waals surface area contributed by atoms with Gasteiger partial charge in [-0.2, -0.15) is 0 Å². The predicted molar refractivity (Wildman–Crippen MR) is 82.4 cm³/mol. The van der Waals surface area contributed by atoms with E-state index in [9.17, 15) is 4.79 Å². The molecule has 3 aromatic rings. The van der Waals surface area contributed by atoms with Gasteiger partial charge in [0.05, 0.1) is 5.69 Å². The molecule has 0 fully saturated rings. The van der Waals surface area contributed by atoms with E-state index in [0.29, 0.717) is 17.0 Å². The topological polar surface area (TPSA) is 42.9 Å². The Kier molecular flexibility index (Phi) is 3.75. The summed E-state index contributed by atoms with van der Waals surface area (Å²) in [7, 11) is 0. The predicted octanol–water partition coefficient (Wildman–Crippen LogP) is 4.03. The second-order valence-electron chi connectivity index (χ2n) is 4.47. The van der Waals surface area contributed by atoms with Crippen molar-refractivity contribution in [3.63, 3.8) is 0 Å². The molecule has 0 aliphatic rings. The smallest absolute Gasteiger partial charge is 0.223 e. The van der Waals surface area contributed by atoms with Crippen molar-refractivity contribution in [1.82, 2.24) is 9.97 Å². The van der Waals surface area contributed by atoms with Crippen LogP contribution in [-0.4, -0.2) is 15.8 Å². The van der Waals surface area contributed by atoms with Gasteiger partial charge in [-0.1, -0.05) is 60.7 Å².